The first-order chi connectivity index (χ1) is 16.4. The summed E-state index contributed by atoms with van der Waals surface area (Å²) in [5, 5.41) is 0. The number of carbonyl (C=O) groups excluding carboxylic acids is 2. The topological polar surface area (TPSA) is 45.6 Å². The maximum absolute atomic E-state index is 13.4. The third kappa shape index (κ3) is 4.13. The lowest BCUT2D eigenvalue weighted by Crippen LogP contribution is -2.45. The van der Waals surface area contributed by atoms with Gasteiger partial charge in [-0.1, -0.05) is 24.3 Å². The fourth-order valence-corrected chi connectivity index (χ4v) is 5.41. The van der Waals surface area contributed by atoms with Gasteiger partial charge >= 0.3 is 0 Å². The number of likely N-dealkylation sites (tertiary alicyclic amines) is 1. The minimum atomic E-state index is -0.284. The second-order valence-electron chi connectivity index (χ2n) is 9.44. The van der Waals surface area contributed by atoms with E-state index >= 15 is 0 Å². The van der Waals surface area contributed by atoms with E-state index in [9.17, 15) is 14.0 Å². The van der Waals surface area contributed by atoms with Gasteiger partial charge in [-0.05, 0) is 74.6 Å². The number of aryl methyl sites for hydroxylation is 1. The lowest BCUT2D eigenvalue weighted by Gasteiger charge is -2.36. The zero-order valence-electron chi connectivity index (χ0n) is 19.8. The molecule has 0 aliphatic carbocycles. The molecule has 3 aromatic rings. The molecule has 5 nitrogen and oxygen atoms in total. The molecule has 0 N–H and O–H groups in total. The van der Waals surface area contributed by atoms with Crippen molar-refractivity contribution in [1.82, 2.24) is 14.4 Å². The zero-order chi connectivity index (χ0) is 23.8. The summed E-state index contributed by atoms with van der Waals surface area (Å²) in [6.07, 6.45) is 2.29. The summed E-state index contributed by atoms with van der Waals surface area (Å²) < 4.78 is 15.3. The van der Waals surface area contributed by atoms with Gasteiger partial charge in [-0.3, -0.25) is 9.59 Å². The Balaban J connectivity index is 1.24. The maximum atomic E-state index is 13.4. The highest BCUT2D eigenvalue weighted by molar-refractivity contribution is 5.96. The van der Waals surface area contributed by atoms with Crippen molar-refractivity contribution in [1.29, 1.82) is 0 Å². The van der Waals surface area contributed by atoms with Gasteiger partial charge in [-0.15, -0.1) is 0 Å². The number of aromatic nitrogens is 1. The van der Waals surface area contributed by atoms with Crippen LogP contribution in [0.2, 0.25) is 0 Å². The average molecular weight is 460 g/mol. The minimum absolute atomic E-state index is 0.000685. The molecule has 2 aliphatic heterocycles. The Morgan fingerprint density at radius 2 is 1.56 bits per heavy atom. The van der Waals surface area contributed by atoms with E-state index in [-0.39, 0.29) is 23.5 Å². The molecule has 2 aromatic carbocycles. The van der Waals surface area contributed by atoms with E-state index in [1.807, 2.05) is 40.3 Å². The molecule has 2 amide bonds. The molecule has 0 saturated carbocycles. The SMILES string of the molecule is Cc1cc(C(=O)N2CCC(C(=O)N3CCc4ccccc4C3)CC2)c(C)n1-c1ccc(F)cc1. The van der Waals surface area contributed by atoms with Crippen LogP contribution in [0.4, 0.5) is 4.39 Å². The largest absolute Gasteiger partial charge is 0.339 e. The predicted molar refractivity (Wildman–Crippen MR) is 129 cm³/mol. The highest BCUT2D eigenvalue weighted by Crippen LogP contribution is 2.27. The Kier molecular flexibility index (Phi) is 5.98. The van der Waals surface area contributed by atoms with E-state index < -0.39 is 0 Å². The number of piperidine rings is 1. The number of fused-ring (bicyclic) bond motifs is 1. The molecule has 1 aromatic heterocycles. The van der Waals surface area contributed by atoms with Crippen molar-refractivity contribution in [2.24, 2.45) is 5.92 Å². The Bertz CT molecular complexity index is 1220. The Labute approximate surface area is 199 Å². The second kappa shape index (κ2) is 9.09. The third-order valence-corrected chi connectivity index (χ3v) is 7.32. The summed E-state index contributed by atoms with van der Waals surface area (Å²) >= 11 is 0. The van der Waals surface area contributed by atoms with E-state index in [2.05, 4.69) is 18.2 Å². The van der Waals surface area contributed by atoms with Crippen molar-refractivity contribution in [3.05, 3.63) is 88.5 Å². The van der Waals surface area contributed by atoms with Crippen molar-refractivity contribution in [2.45, 2.75) is 39.7 Å². The van der Waals surface area contributed by atoms with Crippen LogP contribution in [0.15, 0.2) is 54.6 Å². The van der Waals surface area contributed by atoms with Crippen molar-refractivity contribution >= 4 is 11.8 Å². The molecule has 34 heavy (non-hydrogen) atoms. The molecule has 1 saturated heterocycles. The number of rotatable bonds is 3. The van der Waals surface area contributed by atoms with Crippen molar-refractivity contribution in [3.63, 3.8) is 0 Å². The van der Waals surface area contributed by atoms with Gasteiger partial charge < -0.3 is 14.4 Å². The first-order valence-electron chi connectivity index (χ1n) is 12.0. The lowest BCUT2D eigenvalue weighted by molar-refractivity contribution is -0.137. The highest BCUT2D eigenvalue weighted by atomic mass is 19.1. The molecule has 2 aliphatic rings. The van der Waals surface area contributed by atoms with Crippen LogP contribution in [0.1, 0.15) is 45.7 Å². The summed E-state index contributed by atoms with van der Waals surface area (Å²) in [7, 11) is 0. The average Bonchev–Trinajstić information content (AvgIpc) is 3.17. The van der Waals surface area contributed by atoms with Gasteiger partial charge in [0.2, 0.25) is 5.91 Å². The predicted octanol–water partition coefficient (Wildman–Crippen LogP) is 4.67. The van der Waals surface area contributed by atoms with Crippen LogP contribution in [0.3, 0.4) is 0 Å². The third-order valence-electron chi connectivity index (χ3n) is 7.32. The standard InChI is InChI=1S/C28H30FN3O2/c1-19-17-26(20(2)32(19)25-9-7-24(29)8-10-25)28(34)30-14-12-22(13-15-30)27(33)31-16-11-21-5-3-4-6-23(21)18-31/h3-10,17,22H,11-16,18H2,1-2H3. The quantitative estimate of drug-likeness (QED) is 0.571. The van der Waals surface area contributed by atoms with Crippen LogP contribution in [0.5, 0.6) is 0 Å². The molecule has 6 heteroatoms. The molecule has 0 spiro atoms. The van der Waals surface area contributed by atoms with Crippen LogP contribution in [-0.4, -0.2) is 45.8 Å². The molecule has 0 radical (unpaired) electrons. The summed E-state index contributed by atoms with van der Waals surface area (Å²) in [6, 6.07) is 16.6. The summed E-state index contributed by atoms with van der Waals surface area (Å²) in [4.78, 5) is 30.4. The molecular formula is C28H30FN3O2. The van der Waals surface area contributed by atoms with Crippen LogP contribution < -0.4 is 0 Å². The molecular weight excluding hydrogens is 429 g/mol. The van der Waals surface area contributed by atoms with Gasteiger partial charge in [0.05, 0.1) is 5.56 Å². The Morgan fingerprint density at radius 3 is 2.26 bits per heavy atom. The van der Waals surface area contributed by atoms with Gasteiger partial charge in [0.1, 0.15) is 5.82 Å². The smallest absolute Gasteiger partial charge is 0.255 e. The second-order valence-corrected chi connectivity index (χ2v) is 9.44. The number of hydrogen-bond acceptors (Lipinski definition) is 2. The van der Waals surface area contributed by atoms with E-state index in [1.54, 1.807) is 12.1 Å². The molecule has 0 unspecified atom stereocenters. The fourth-order valence-electron chi connectivity index (χ4n) is 5.41. The van der Waals surface area contributed by atoms with Crippen LogP contribution in [0.25, 0.3) is 5.69 Å². The number of nitrogens with zero attached hydrogens (tertiary/aromatic N) is 3. The van der Waals surface area contributed by atoms with Crippen LogP contribution in [0, 0.1) is 25.6 Å². The number of halogens is 1. The summed E-state index contributed by atoms with van der Waals surface area (Å²) in [5.74, 6) is -0.0926. The summed E-state index contributed by atoms with van der Waals surface area (Å²) in [6.45, 7) is 6.50. The normalized spacial score (nSPS) is 16.4. The Morgan fingerprint density at radius 1 is 0.882 bits per heavy atom. The summed E-state index contributed by atoms with van der Waals surface area (Å²) in [5.41, 5.74) is 5.86. The van der Waals surface area contributed by atoms with Gasteiger partial charge in [0.25, 0.3) is 5.91 Å². The fraction of sp³-hybridized carbons (Fsp3) is 0.357. The van der Waals surface area contributed by atoms with Gasteiger partial charge in [-0.25, -0.2) is 4.39 Å². The number of amides is 2. The molecule has 1 fully saturated rings. The molecule has 3 heterocycles. The van der Waals surface area contributed by atoms with Crippen molar-refractivity contribution in [3.8, 4) is 5.69 Å². The molecule has 0 bridgehead atoms. The van der Waals surface area contributed by atoms with Crippen molar-refractivity contribution < 1.29 is 14.0 Å². The van der Waals surface area contributed by atoms with Gasteiger partial charge in [0.15, 0.2) is 0 Å². The number of hydrogen-bond donors (Lipinski definition) is 0. The minimum Gasteiger partial charge on any atom is -0.339 e. The van der Waals surface area contributed by atoms with Crippen molar-refractivity contribution in [2.75, 3.05) is 19.6 Å². The number of carbonyl (C=O) groups is 2. The Hall–Kier alpha value is -3.41. The lowest BCUT2D eigenvalue weighted by atomic mass is 9.92. The zero-order valence-corrected chi connectivity index (χ0v) is 19.8. The highest BCUT2D eigenvalue weighted by Gasteiger charge is 2.32. The monoisotopic (exact) mass is 459 g/mol. The van der Waals surface area contributed by atoms with Gasteiger partial charge in [-0.2, -0.15) is 0 Å². The van der Waals surface area contributed by atoms with E-state index in [4.69, 9.17) is 0 Å². The number of benzene rings is 2. The van der Waals surface area contributed by atoms with E-state index in [0.29, 0.717) is 38.0 Å². The first-order valence-corrected chi connectivity index (χ1v) is 12.0. The molecule has 176 valence electrons. The van der Waals surface area contributed by atoms with Gasteiger partial charge in [0, 0.05) is 49.2 Å². The van der Waals surface area contributed by atoms with E-state index in [1.165, 1.54) is 23.3 Å². The van der Waals surface area contributed by atoms with Crippen LogP contribution >= 0.6 is 0 Å². The molecule has 0 atom stereocenters. The van der Waals surface area contributed by atoms with E-state index in [0.717, 1.165) is 30.0 Å². The van der Waals surface area contributed by atoms with Crippen LogP contribution in [-0.2, 0) is 17.8 Å². The maximum Gasteiger partial charge on any atom is 0.255 e. The first kappa shape index (κ1) is 22.4. The molecule has 5 rings (SSSR count).